The van der Waals surface area contributed by atoms with E-state index in [1.165, 1.54) is 36.4 Å². The Morgan fingerprint density at radius 2 is 1.65 bits per heavy atom. The van der Waals surface area contributed by atoms with Crippen molar-refractivity contribution in [1.29, 1.82) is 0 Å². The minimum absolute atomic E-state index is 0.00193. The number of sulfonamides is 1. The maximum Gasteiger partial charge on any atom is 0.490 e. The van der Waals surface area contributed by atoms with Crippen molar-refractivity contribution in [2.45, 2.75) is 55.9 Å². The summed E-state index contributed by atoms with van der Waals surface area (Å²) >= 11 is 0. The largest absolute Gasteiger partial charge is 0.490 e. The van der Waals surface area contributed by atoms with Crippen molar-refractivity contribution in [1.82, 2.24) is 9.62 Å². The van der Waals surface area contributed by atoms with Gasteiger partial charge < -0.3 is 15.3 Å². The molecule has 1 atom stereocenters. The van der Waals surface area contributed by atoms with E-state index >= 15 is 0 Å². The first-order valence-corrected chi connectivity index (χ1v) is 13.6. The van der Waals surface area contributed by atoms with Crippen molar-refractivity contribution >= 4 is 27.6 Å². The fourth-order valence-corrected chi connectivity index (χ4v) is 5.03. The third-order valence-corrected chi connectivity index (χ3v) is 7.33. The van der Waals surface area contributed by atoms with Gasteiger partial charge in [0.1, 0.15) is 0 Å². The van der Waals surface area contributed by atoms with E-state index in [0.29, 0.717) is 6.54 Å². The molecule has 0 spiro atoms. The van der Waals surface area contributed by atoms with Gasteiger partial charge in [-0.25, -0.2) is 17.9 Å². The lowest BCUT2D eigenvalue weighted by Gasteiger charge is -2.16. The second-order valence-electron chi connectivity index (χ2n) is 8.97. The second kappa shape index (κ2) is 13.9. The van der Waals surface area contributed by atoms with E-state index in [4.69, 9.17) is 9.90 Å². The quantitative estimate of drug-likeness (QED) is 0.273. The highest BCUT2D eigenvalue weighted by Gasteiger charge is 2.38. The molecule has 1 aliphatic rings. The van der Waals surface area contributed by atoms with Gasteiger partial charge in [0.2, 0.25) is 10.0 Å². The molecule has 0 saturated carbocycles. The van der Waals surface area contributed by atoms with Crippen molar-refractivity contribution in [3.05, 3.63) is 59.7 Å². The lowest BCUT2D eigenvalue weighted by atomic mass is 10.1. The van der Waals surface area contributed by atoms with Crippen LogP contribution in [0.25, 0.3) is 0 Å². The van der Waals surface area contributed by atoms with Gasteiger partial charge in [0.15, 0.2) is 0 Å². The number of carbonyl (C=O) groups is 2. The van der Waals surface area contributed by atoms with Gasteiger partial charge in [0, 0.05) is 23.8 Å². The maximum atomic E-state index is 12.8. The van der Waals surface area contributed by atoms with E-state index in [-0.39, 0.29) is 22.2 Å². The van der Waals surface area contributed by atoms with E-state index in [1.54, 1.807) is 0 Å². The van der Waals surface area contributed by atoms with Crippen LogP contribution in [0.2, 0.25) is 0 Å². The van der Waals surface area contributed by atoms with Crippen molar-refractivity contribution in [2.24, 2.45) is 0 Å². The molecule has 0 aliphatic carbocycles. The molecular formula is C25H29F6N3O5S. The van der Waals surface area contributed by atoms with Crippen molar-refractivity contribution in [3.63, 3.8) is 0 Å². The van der Waals surface area contributed by atoms with Gasteiger partial charge in [-0.3, -0.25) is 4.79 Å². The number of halogens is 6. The number of benzene rings is 2. The van der Waals surface area contributed by atoms with Crippen LogP contribution in [0.4, 0.5) is 32.0 Å². The summed E-state index contributed by atoms with van der Waals surface area (Å²) in [5.41, 5.74) is -0.740. The van der Waals surface area contributed by atoms with E-state index in [0.717, 1.165) is 50.9 Å². The number of nitrogens with one attached hydrogen (secondary N) is 2. The van der Waals surface area contributed by atoms with Crippen LogP contribution in [-0.4, -0.2) is 62.2 Å². The summed E-state index contributed by atoms with van der Waals surface area (Å²) in [6.07, 6.45) is -5.48. The van der Waals surface area contributed by atoms with E-state index in [9.17, 15) is 39.6 Å². The number of anilines is 1. The number of unbranched alkanes of at least 4 members (excludes halogenated alkanes) is 2. The monoisotopic (exact) mass is 597 g/mol. The fraction of sp³-hybridized carbons (Fsp3) is 0.440. The average Bonchev–Trinajstić information content (AvgIpc) is 3.30. The number of amides is 1. The molecule has 40 heavy (non-hydrogen) atoms. The highest BCUT2D eigenvalue weighted by atomic mass is 32.2. The van der Waals surface area contributed by atoms with Crippen LogP contribution < -0.4 is 10.0 Å². The van der Waals surface area contributed by atoms with Crippen LogP contribution >= 0.6 is 0 Å². The Hall–Kier alpha value is -3.17. The number of carbonyl (C=O) groups excluding carboxylic acids is 1. The minimum atomic E-state index is -5.08. The molecule has 3 N–H and O–H groups in total. The number of hydrogen-bond donors (Lipinski definition) is 3. The van der Waals surface area contributed by atoms with Crippen LogP contribution in [0.5, 0.6) is 0 Å². The second-order valence-corrected chi connectivity index (χ2v) is 10.7. The normalized spacial score (nSPS) is 16.2. The van der Waals surface area contributed by atoms with Crippen molar-refractivity contribution in [3.8, 4) is 0 Å². The lowest BCUT2D eigenvalue weighted by molar-refractivity contribution is -0.192. The van der Waals surface area contributed by atoms with E-state index in [2.05, 4.69) is 21.9 Å². The molecule has 1 fully saturated rings. The molecule has 1 amide bonds. The lowest BCUT2D eigenvalue weighted by Crippen LogP contribution is -2.37. The summed E-state index contributed by atoms with van der Waals surface area (Å²) in [4.78, 5) is 23.6. The Morgan fingerprint density at radius 1 is 1.02 bits per heavy atom. The van der Waals surface area contributed by atoms with Gasteiger partial charge in [-0.2, -0.15) is 26.3 Å². The van der Waals surface area contributed by atoms with Gasteiger partial charge >= 0.3 is 18.3 Å². The average molecular weight is 598 g/mol. The van der Waals surface area contributed by atoms with Crippen molar-refractivity contribution < 1.29 is 49.5 Å². The zero-order valence-corrected chi connectivity index (χ0v) is 22.2. The smallest absolute Gasteiger partial charge is 0.475 e. The zero-order chi connectivity index (χ0) is 30.1. The number of carboxylic acids is 1. The Labute approximate surface area is 227 Å². The molecule has 0 radical (unpaired) electrons. The molecule has 1 saturated heterocycles. The Bertz CT molecular complexity index is 1250. The van der Waals surface area contributed by atoms with E-state index < -0.39 is 39.8 Å². The van der Waals surface area contributed by atoms with Crippen LogP contribution in [0.1, 0.15) is 48.5 Å². The standard InChI is InChI=1S/C23H28F3N3O3S.C2HF3O2/c1-2-3-4-13-29-14-12-20(16-29)28-33(31,32)21-10-8-17(9-11-21)22(30)27-19-7-5-6-18(15-19)23(24,25)26;3-2(4,5)1(6)7/h5-11,15,20,28H,2-4,12-14,16H2,1H3,(H,27,30);(H,6,7). The molecule has 2 aromatic carbocycles. The molecule has 3 rings (SSSR count). The van der Waals surface area contributed by atoms with Crippen LogP contribution in [0.3, 0.4) is 0 Å². The number of aliphatic carboxylic acids is 1. The Kier molecular flexibility index (Phi) is 11.5. The molecule has 1 heterocycles. The maximum absolute atomic E-state index is 12.8. The first-order chi connectivity index (χ1) is 18.5. The number of nitrogens with zero attached hydrogens (tertiary/aromatic N) is 1. The summed E-state index contributed by atoms with van der Waals surface area (Å²) in [5, 5.41) is 9.53. The van der Waals surface area contributed by atoms with E-state index in [1.807, 2.05) is 0 Å². The van der Waals surface area contributed by atoms with Gasteiger partial charge in [0.25, 0.3) is 5.91 Å². The first kappa shape index (κ1) is 33.0. The highest BCUT2D eigenvalue weighted by molar-refractivity contribution is 7.89. The van der Waals surface area contributed by atoms with Crippen LogP contribution in [0.15, 0.2) is 53.4 Å². The SMILES string of the molecule is CCCCCN1CCC(NS(=O)(=O)c2ccc(C(=O)Nc3cccc(C(F)(F)F)c3)cc2)C1.O=C(O)C(F)(F)F. The van der Waals surface area contributed by atoms with Crippen LogP contribution in [-0.2, 0) is 21.0 Å². The summed E-state index contributed by atoms with van der Waals surface area (Å²) in [6.45, 7) is 4.62. The molecule has 222 valence electrons. The number of rotatable bonds is 9. The topological polar surface area (TPSA) is 116 Å². The number of carboxylic acid groups (broad SMARTS) is 1. The van der Waals surface area contributed by atoms with Gasteiger partial charge in [-0.15, -0.1) is 0 Å². The molecule has 0 bridgehead atoms. The predicted octanol–water partition coefficient (Wildman–Crippen LogP) is 5.13. The first-order valence-electron chi connectivity index (χ1n) is 12.2. The summed E-state index contributed by atoms with van der Waals surface area (Å²) < 4.78 is 98.4. The Balaban J connectivity index is 0.000000708. The summed E-state index contributed by atoms with van der Waals surface area (Å²) in [6, 6.07) is 9.45. The molecule has 0 aromatic heterocycles. The minimum Gasteiger partial charge on any atom is -0.475 e. The fourth-order valence-electron chi connectivity index (χ4n) is 3.77. The summed E-state index contributed by atoms with van der Waals surface area (Å²) in [5.74, 6) is -3.39. The van der Waals surface area contributed by atoms with Crippen LogP contribution in [0, 0.1) is 0 Å². The summed E-state index contributed by atoms with van der Waals surface area (Å²) in [7, 11) is -3.75. The predicted molar refractivity (Wildman–Crippen MR) is 134 cm³/mol. The highest BCUT2D eigenvalue weighted by Crippen LogP contribution is 2.30. The number of likely N-dealkylation sites (tertiary alicyclic amines) is 1. The number of hydrogen-bond acceptors (Lipinski definition) is 5. The molecular weight excluding hydrogens is 568 g/mol. The molecule has 1 aliphatic heterocycles. The van der Waals surface area contributed by atoms with Gasteiger partial charge in [0.05, 0.1) is 10.5 Å². The Morgan fingerprint density at radius 3 is 2.20 bits per heavy atom. The third kappa shape index (κ3) is 10.4. The molecule has 15 heteroatoms. The van der Waals surface area contributed by atoms with Gasteiger partial charge in [-0.05, 0) is 68.4 Å². The molecule has 8 nitrogen and oxygen atoms in total. The van der Waals surface area contributed by atoms with Crippen molar-refractivity contribution in [2.75, 3.05) is 25.0 Å². The molecule has 2 aromatic rings. The molecule has 1 unspecified atom stereocenters. The van der Waals surface area contributed by atoms with Gasteiger partial charge in [-0.1, -0.05) is 25.8 Å². The third-order valence-electron chi connectivity index (χ3n) is 5.79. The zero-order valence-electron chi connectivity index (χ0n) is 21.3. The number of alkyl halides is 6.